The van der Waals surface area contributed by atoms with Crippen LogP contribution in [0.15, 0.2) is 79.6 Å². The summed E-state index contributed by atoms with van der Waals surface area (Å²) in [6.07, 6.45) is 8.00. The predicted octanol–water partition coefficient (Wildman–Crippen LogP) is 3.26. The Labute approximate surface area is 169 Å². The predicted molar refractivity (Wildman–Crippen MR) is 110 cm³/mol. The van der Waals surface area contributed by atoms with Gasteiger partial charge in [-0.05, 0) is 48.7 Å². The molecule has 29 heavy (non-hydrogen) atoms. The number of nitrogens with one attached hydrogen (secondary N) is 1. The van der Waals surface area contributed by atoms with E-state index in [0.29, 0.717) is 12.8 Å². The van der Waals surface area contributed by atoms with Gasteiger partial charge in [0, 0.05) is 12.6 Å². The van der Waals surface area contributed by atoms with Crippen molar-refractivity contribution in [1.82, 2.24) is 29.9 Å². The average molecular weight is 386 g/mol. The molecule has 146 valence electrons. The van der Waals surface area contributed by atoms with Gasteiger partial charge in [0.1, 0.15) is 12.7 Å². The molecule has 1 unspecified atom stereocenters. The van der Waals surface area contributed by atoms with Crippen LogP contribution in [0.25, 0.3) is 11.4 Å². The first-order valence-corrected chi connectivity index (χ1v) is 9.52. The number of carbonyl (C=O) groups is 1. The zero-order valence-electron chi connectivity index (χ0n) is 16.1. The summed E-state index contributed by atoms with van der Waals surface area (Å²) in [7, 11) is 0. The Hall–Kier alpha value is -3.74. The summed E-state index contributed by atoms with van der Waals surface area (Å²) in [5, 5.41) is 11.5. The van der Waals surface area contributed by atoms with Gasteiger partial charge in [-0.2, -0.15) is 10.2 Å². The molecule has 2 aromatic carbocycles. The Balaban J connectivity index is 1.30. The Morgan fingerprint density at radius 2 is 1.76 bits per heavy atom. The molecule has 0 saturated heterocycles. The van der Waals surface area contributed by atoms with Crippen LogP contribution in [0.5, 0.6) is 0 Å². The maximum atomic E-state index is 12.4. The quantitative estimate of drug-likeness (QED) is 0.529. The van der Waals surface area contributed by atoms with Crippen LogP contribution >= 0.6 is 0 Å². The number of aromatic nitrogens is 5. The van der Waals surface area contributed by atoms with E-state index in [4.69, 9.17) is 0 Å². The molecule has 0 aliphatic heterocycles. The van der Waals surface area contributed by atoms with Crippen LogP contribution in [0.2, 0.25) is 0 Å². The number of amides is 1. The van der Waals surface area contributed by atoms with Gasteiger partial charge in [-0.25, -0.2) is 14.3 Å². The van der Waals surface area contributed by atoms with Gasteiger partial charge in [-0.3, -0.25) is 4.79 Å². The summed E-state index contributed by atoms with van der Waals surface area (Å²) < 4.78 is 3.52. The summed E-state index contributed by atoms with van der Waals surface area (Å²) >= 11 is 0. The van der Waals surface area contributed by atoms with Crippen molar-refractivity contribution >= 4 is 5.91 Å². The topological polar surface area (TPSA) is 77.6 Å². The molecule has 0 saturated carbocycles. The van der Waals surface area contributed by atoms with E-state index in [1.807, 2.05) is 78.6 Å². The second kappa shape index (κ2) is 8.52. The largest absolute Gasteiger partial charge is 0.350 e. The SMILES string of the molecule is CC(NC(=O)CCc1cnn(-c2ccccc2)c1)c1ccc(-n2cncn2)cc1. The molecule has 2 aromatic heterocycles. The van der Waals surface area contributed by atoms with E-state index in [1.165, 1.54) is 6.33 Å². The first-order valence-electron chi connectivity index (χ1n) is 9.52. The van der Waals surface area contributed by atoms with Crippen molar-refractivity contribution < 1.29 is 4.79 Å². The summed E-state index contributed by atoms with van der Waals surface area (Å²) in [6, 6.07) is 17.8. The molecular weight excluding hydrogens is 364 g/mol. The fourth-order valence-corrected chi connectivity index (χ4v) is 3.12. The molecule has 0 spiro atoms. The third kappa shape index (κ3) is 4.57. The molecule has 4 rings (SSSR count). The van der Waals surface area contributed by atoms with Gasteiger partial charge in [-0.15, -0.1) is 0 Å². The van der Waals surface area contributed by atoms with Crippen molar-refractivity contribution in [3.63, 3.8) is 0 Å². The molecule has 0 fully saturated rings. The zero-order valence-corrected chi connectivity index (χ0v) is 16.1. The van der Waals surface area contributed by atoms with Crippen molar-refractivity contribution in [2.75, 3.05) is 0 Å². The van der Waals surface area contributed by atoms with Gasteiger partial charge in [0.15, 0.2) is 0 Å². The molecule has 0 aliphatic rings. The maximum Gasteiger partial charge on any atom is 0.220 e. The van der Waals surface area contributed by atoms with Crippen molar-refractivity contribution in [2.45, 2.75) is 25.8 Å². The smallest absolute Gasteiger partial charge is 0.220 e. The highest BCUT2D eigenvalue weighted by molar-refractivity contribution is 5.76. The summed E-state index contributed by atoms with van der Waals surface area (Å²) in [5.41, 5.74) is 4.01. The molecule has 0 bridgehead atoms. The van der Waals surface area contributed by atoms with Gasteiger partial charge in [0.2, 0.25) is 5.91 Å². The highest BCUT2D eigenvalue weighted by Crippen LogP contribution is 2.16. The fourth-order valence-electron chi connectivity index (χ4n) is 3.12. The van der Waals surface area contributed by atoms with Crippen molar-refractivity contribution in [3.8, 4) is 11.4 Å². The van der Waals surface area contributed by atoms with E-state index in [9.17, 15) is 4.79 Å². The van der Waals surface area contributed by atoms with Gasteiger partial charge < -0.3 is 5.32 Å². The van der Waals surface area contributed by atoms with Gasteiger partial charge in [-0.1, -0.05) is 30.3 Å². The molecule has 1 amide bonds. The van der Waals surface area contributed by atoms with Crippen molar-refractivity contribution in [2.24, 2.45) is 0 Å². The summed E-state index contributed by atoms with van der Waals surface area (Å²) in [6.45, 7) is 1.98. The number of hydrogen-bond donors (Lipinski definition) is 1. The van der Waals surface area contributed by atoms with Gasteiger partial charge in [0.05, 0.1) is 23.6 Å². The second-order valence-electron chi connectivity index (χ2n) is 6.85. The van der Waals surface area contributed by atoms with Crippen LogP contribution in [-0.4, -0.2) is 30.5 Å². The normalized spacial score (nSPS) is 11.9. The third-order valence-corrected chi connectivity index (χ3v) is 4.75. The minimum absolute atomic E-state index is 0.0188. The fraction of sp³-hybridized carbons (Fsp3) is 0.182. The number of benzene rings is 2. The minimum atomic E-state index is -0.0701. The second-order valence-corrected chi connectivity index (χ2v) is 6.85. The number of hydrogen-bond acceptors (Lipinski definition) is 4. The average Bonchev–Trinajstić information content (AvgIpc) is 3.45. The van der Waals surface area contributed by atoms with E-state index in [-0.39, 0.29) is 11.9 Å². The lowest BCUT2D eigenvalue weighted by atomic mass is 10.1. The van der Waals surface area contributed by atoms with E-state index in [0.717, 1.165) is 22.5 Å². The van der Waals surface area contributed by atoms with Gasteiger partial charge >= 0.3 is 0 Å². The highest BCUT2D eigenvalue weighted by atomic mass is 16.1. The van der Waals surface area contributed by atoms with E-state index in [2.05, 4.69) is 20.5 Å². The van der Waals surface area contributed by atoms with Crippen LogP contribution < -0.4 is 5.32 Å². The Morgan fingerprint density at radius 1 is 1.00 bits per heavy atom. The Kier molecular flexibility index (Phi) is 5.47. The molecule has 0 aliphatic carbocycles. The third-order valence-electron chi connectivity index (χ3n) is 4.75. The first-order chi connectivity index (χ1) is 14.2. The van der Waals surface area contributed by atoms with E-state index < -0.39 is 0 Å². The summed E-state index contributed by atoms with van der Waals surface area (Å²) in [4.78, 5) is 16.3. The molecule has 1 N–H and O–H groups in total. The molecule has 7 nitrogen and oxygen atoms in total. The highest BCUT2D eigenvalue weighted by Gasteiger charge is 2.11. The van der Waals surface area contributed by atoms with Crippen LogP contribution in [0.1, 0.15) is 30.5 Å². The number of carbonyl (C=O) groups excluding carboxylic acids is 1. The zero-order chi connectivity index (χ0) is 20.1. The van der Waals surface area contributed by atoms with E-state index >= 15 is 0 Å². The van der Waals surface area contributed by atoms with Crippen LogP contribution in [0.3, 0.4) is 0 Å². The lowest BCUT2D eigenvalue weighted by Gasteiger charge is -2.14. The molecule has 7 heteroatoms. The number of rotatable bonds is 7. The Bertz CT molecular complexity index is 1050. The van der Waals surface area contributed by atoms with Gasteiger partial charge in [0.25, 0.3) is 0 Å². The lowest BCUT2D eigenvalue weighted by molar-refractivity contribution is -0.121. The number of aryl methyl sites for hydroxylation is 1. The number of nitrogens with zero attached hydrogens (tertiary/aromatic N) is 5. The Morgan fingerprint density at radius 3 is 2.48 bits per heavy atom. The molecule has 4 aromatic rings. The molecule has 0 radical (unpaired) electrons. The van der Waals surface area contributed by atoms with Crippen molar-refractivity contribution in [3.05, 3.63) is 90.8 Å². The molecule has 1 atom stereocenters. The summed E-state index contributed by atoms with van der Waals surface area (Å²) in [5.74, 6) is 0.0188. The van der Waals surface area contributed by atoms with Crippen LogP contribution in [0.4, 0.5) is 0 Å². The van der Waals surface area contributed by atoms with Crippen LogP contribution in [-0.2, 0) is 11.2 Å². The minimum Gasteiger partial charge on any atom is -0.350 e. The lowest BCUT2D eigenvalue weighted by Crippen LogP contribution is -2.26. The van der Waals surface area contributed by atoms with Crippen molar-refractivity contribution in [1.29, 1.82) is 0 Å². The standard InChI is InChI=1S/C22H22N6O/c1-17(19-8-10-21(11-9-19)28-16-23-15-25-28)26-22(29)12-7-18-13-24-27(14-18)20-5-3-2-4-6-20/h2-6,8-11,13-17H,7,12H2,1H3,(H,26,29). The first kappa shape index (κ1) is 18.6. The number of para-hydroxylation sites is 1. The molecular formula is C22H22N6O. The van der Waals surface area contributed by atoms with E-state index in [1.54, 1.807) is 11.0 Å². The van der Waals surface area contributed by atoms with Crippen LogP contribution in [0, 0.1) is 0 Å². The monoisotopic (exact) mass is 386 g/mol. The maximum absolute atomic E-state index is 12.4. The molecule has 2 heterocycles.